The van der Waals surface area contributed by atoms with E-state index in [1.165, 1.54) is 0 Å². The highest BCUT2D eigenvalue weighted by Crippen LogP contribution is 2.22. The molecule has 2 aromatic rings. The molecule has 0 aliphatic rings. The predicted molar refractivity (Wildman–Crippen MR) is 77.5 cm³/mol. The smallest absolute Gasteiger partial charge is 0.153 e. The first-order valence-electron chi connectivity index (χ1n) is 5.72. The molecule has 5 nitrogen and oxygen atoms in total. The SMILES string of the molecule is CNC(COc1ccc(Cl)cc1)c1c(Br)nnn1C. The largest absolute Gasteiger partial charge is 0.492 e. The predicted octanol–water partition coefficient (Wildman–Crippen LogP) is 2.57. The standard InChI is InChI=1S/C12H14BrClN4O/c1-15-10(11-12(13)16-17-18(11)2)7-19-9-5-3-8(14)4-6-9/h3-6,10,15H,7H2,1-2H3. The molecule has 1 atom stereocenters. The molecule has 1 aromatic carbocycles. The van der Waals surface area contributed by atoms with Gasteiger partial charge in [0.05, 0.1) is 11.7 Å². The number of hydrogen-bond acceptors (Lipinski definition) is 4. The fourth-order valence-corrected chi connectivity index (χ4v) is 2.45. The number of ether oxygens (including phenoxy) is 1. The van der Waals surface area contributed by atoms with Crippen LogP contribution in [0.3, 0.4) is 0 Å². The summed E-state index contributed by atoms with van der Waals surface area (Å²) in [5, 5.41) is 11.8. The summed E-state index contributed by atoms with van der Waals surface area (Å²) < 4.78 is 8.17. The van der Waals surface area contributed by atoms with E-state index in [1.807, 2.05) is 26.2 Å². The number of aryl methyl sites for hydroxylation is 1. The number of hydrogen-bond donors (Lipinski definition) is 1. The molecule has 0 aliphatic carbocycles. The van der Waals surface area contributed by atoms with Crippen molar-refractivity contribution >= 4 is 27.5 Å². The van der Waals surface area contributed by atoms with E-state index in [4.69, 9.17) is 16.3 Å². The van der Waals surface area contributed by atoms with Gasteiger partial charge in [0.2, 0.25) is 0 Å². The topological polar surface area (TPSA) is 52.0 Å². The van der Waals surface area contributed by atoms with Crippen LogP contribution in [0.1, 0.15) is 11.7 Å². The van der Waals surface area contributed by atoms with Crippen LogP contribution in [0.4, 0.5) is 0 Å². The molecule has 0 saturated heterocycles. The molecule has 0 radical (unpaired) electrons. The van der Waals surface area contributed by atoms with Gasteiger partial charge in [0.25, 0.3) is 0 Å². The molecule has 7 heteroatoms. The van der Waals surface area contributed by atoms with Crippen LogP contribution in [0.5, 0.6) is 5.75 Å². The maximum absolute atomic E-state index is 5.83. The first kappa shape index (κ1) is 14.3. The number of nitrogens with zero attached hydrogens (tertiary/aromatic N) is 3. The summed E-state index contributed by atoms with van der Waals surface area (Å²) in [4.78, 5) is 0. The van der Waals surface area contributed by atoms with Crippen molar-refractivity contribution in [1.82, 2.24) is 20.3 Å². The zero-order valence-electron chi connectivity index (χ0n) is 10.6. The first-order valence-corrected chi connectivity index (χ1v) is 6.89. The molecule has 1 aromatic heterocycles. The van der Waals surface area contributed by atoms with E-state index in [1.54, 1.807) is 16.8 Å². The summed E-state index contributed by atoms with van der Waals surface area (Å²) >= 11 is 9.22. The summed E-state index contributed by atoms with van der Waals surface area (Å²) in [5.41, 5.74) is 0.941. The van der Waals surface area contributed by atoms with Crippen molar-refractivity contribution in [2.45, 2.75) is 6.04 Å². The Morgan fingerprint density at radius 1 is 1.42 bits per heavy atom. The lowest BCUT2D eigenvalue weighted by Crippen LogP contribution is -2.26. The lowest BCUT2D eigenvalue weighted by atomic mass is 10.2. The fourth-order valence-electron chi connectivity index (χ4n) is 1.72. The molecule has 1 heterocycles. The van der Waals surface area contributed by atoms with Gasteiger partial charge in [0.15, 0.2) is 4.60 Å². The Labute approximate surface area is 125 Å². The molecule has 0 amide bonds. The summed E-state index contributed by atoms with van der Waals surface area (Å²) in [6.07, 6.45) is 0. The van der Waals surface area contributed by atoms with Crippen LogP contribution < -0.4 is 10.1 Å². The fraction of sp³-hybridized carbons (Fsp3) is 0.333. The lowest BCUT2D eigenvalue weighted by molar-refractivity contribution is 0.266. The molecular weight excluding hydrogens is 332 g/mol. The maximum Gasteiger partial charge on any atom is 0.153 e. The van der Waals surface area contributed by atoms with E-state index in [0.717, 1.165) is 11.4 Å². The van der Waals surface area contributed by atoms with Crippen LogP contribution in [0, 0.1) is 0 Å². The summed E-state index contributed by atoms with van der Waals surface area (Å²) in [6.45, 7) is 0.470. The monoisotopic (exact) mass is 344 g/mol. The van der Waals surface area contributed by atoms with Gasteiger partial charge in [-0.3, -0.25) is 0 Å². The highest BCUT2D eigenvalue weighted by Gasteiger charge is 2.19. The first-order chi connectivity index (χ1) is 9.11. The van der Waals surface area contributed by atoms with Crippen molar-refractivity contribution in [3.63, 3.8) is 0 Å². The summed E-state index contributed by atoms with van der Waals surface area (Å²) in [7, 11) is 3.72. The Kier molecular flexibility index (Phi) is 4.79. The van der Waals surface area contributed by atoms with Gasteiger partial charge in [-0.05, 0) is 47.2 Å². The van der Waals surface area contributed by atoms with E-state index < -0.39 is 0 Å². The van der Waals surface area contributed by atoms with Crippen LogP contribution in [-0.4, -0.2) is 28.6 Å². The molecule has 1 N–H and O–H groups in total. The van der Waals surface area contributed by atoms with E-state index in [-0.39, 0.29) is 6.04 Å². The van der Waals surface area contributed by atoms with Crippen LogP contribution in [0.2, 0.25) is 5.02 Å². The highest BCUT2D eigenvalue weighted by atomic mass is 79.9. The van der Waals surface area contributed by atoms with E-state index in [2.05, 4.69) is 31.6 Å². The molecule has 102 valence electrons. The average Bonchev–Trinajstić information content (AvgIpc) is 2.73. The maximum atomic E-state index is 5.83. The van der Waals surface area contributed by atoms with Crippen LogP contribution in [0.15, 0.2) is 28.9 Å². The Morgan fingerprint density at radius 3 is 2.63 bits per heavy atom. The van der Waals surface area contributed by atoms with Gasteiger partial charge in [0, 0.05) is 12.1 Å². The van der Waals surface area contributed by atoms with Crippen molar-refractivity contribution in [3.8, 4) is 5.75 Å². The van der Waals surface area contributed by atoms with Crippen LogP contribution in [0.25, 0.3) is 0 Å². The van der Waals surface area contributed by atoms with Gasteiger partial charge in [-0.1, -0.05) is 16.8 Å². The molecular formula is C12H14BrClN4O. The highest BCUT2D eigenvalue weighted by molar-refractivity contribution is 9.10. The minimum absolute atomic E-state index is 0.00921. The average molecular weight is 346 g/mol. The Balaban J connectivity index is 2.06. The Bertz CT molecular complexity index is 524. The molecule has 0 spiro atoms. The number of rotatable bonds is 5. The van der Waals surface area contributed by atoms with E-state index in [9.17, 15) is 0 Å². The molecule has 1 unspecified atom stereocenters. The third-order valence-electron chi connectivity index (χ3n) is 2.74. The lowest BCUT2D eigenvalue weighted by Gasteiger charge is -2.17. The number of likely N-dealkylation sites (N-methyl/N-ethyl adjacent to an activating group) is 1. The summed E-state index contributed by atoms with van der Waals surface area (Å²) in [6, 6.07) is 7.27. The molecule has 19 heavy (non-hydrogen) atoms. The number of nitrogens with one attached hydrogen (secondary N) is 1. The minimum atomic E-state index is -0.00921. The van der Waals surface area contributed by atoms with Gasteiger partial charge >= 0.3 is 0 Å². The van der Waals surface area contributed by atoms with Crippen LogP contribution >= 0.6 is 27.5 Å². The van der Waals surface area contributed by atoms with Crippen molar-refractivity contribution in [2.24, 2.45) is 7.05 Å². The van der Waals surface area contributed by atoms with Crippen LogP contribution in [-0.2, 0) is 7.05 Å². The molecule has 0 bridgehead atoms. The van der Waals surface area contributed by atoms with E-state index in [0.29, 0.717) is 16.2 Å². The van der Waals surface area contributed by atoms with Crippen molar-refractivity contribution in [1.29, 1.82) is 0 Å². The third kappa shape index (κ3) is 3.46. The third-order valence-corrected chi connectivity index (χ3v) is 3.55. The van der Waals surface area contributed by atoms with Crippen molar-refractivity contribution in [2.75, 3.05) is 13.7 Å². The van der Waals surface area contributed by atoms with Crippen molar-refractivity contribution in [3.05, 3.63) is 39.6 Å². The molecule has 0 saturated carbocycles. The second kappa shape index (κ2) is 6.36. The van der Waals surface area contributed by atoms with Gasteiger partial charge < -0.3 is 10.1 Å². The van der Waals surface area contributed by atoms with Crippen molar-refractivity contribution < 1.29 is 4.74 Å². The van der Waals surface area contributed by atoms with Gasteiger partial charge in [0.1, 0.15) is 12.4 Å². The Morgan fingerprint density at radius 2 is 2.11 bits per heavy atom. The summed E-state index contributed by atoms with van der Waals surface area (Å²) in [5.74, 6) is 0.774. The number of halogens is 2. The normalized spacial score (nSPS) is 12.4. The zero-order chi connectivity index (χ0) is 13.8. The number of benzene rings is 1. The van der Waals surface area contributed by atoms with Gasteiger partial charge in [-0.25, -0.2) is 4.68 Å². The van der Waals surface area contributed by atoms with E-state index >= 15 is 0 Å². The zero-order valence-corrected chi connectivity index (χ0v) is 12.9. The second-order valence-corrected chi connectivity index (χ2v) is 5.18. The minimum Gasteiger partial charge on any atom is -0.492 e. The Hall–Kier alpha value is -1.11. The number of aromatic nitrogens is 3. The van der Waals surface area contributed by atoms with Gasteiger partial charge in [-0.2, -0.15) is 0 Å². The van der Waals surface area contributed by atoms with Gasteiger partial charge in [-0.15, -0.1) is 5.10 Å². The molecule has 2 rings (SSSR count). The molecule has 0 fully saturated rings. The quantitative estimate of drug-likeness (QED) is 0.905. The molecule has 0 aliphatic heterocycles. The second-order valence-electron chi connectivity index (χ2n) is 4.00.